The van der Waals surface area contributed by atoms with Crippen LogP contribution in [0.4, 0.5) is 0 Å². The Morgan fingerprint density at radius 3 is 1.69 bits per heavy atom. The topological polar surface area (TPSA) is 58.4 Å². The van der Waals surface area contributed by atoms with E-state index in [-0.39, 0.29) is 0 Å². The lowest BCUT2D eigenvalue weighted by atomic mass is 10.1. The number of benzene rings is 3. The summed E-state index contributed by atoms with van der Waals surface area (Å²) in [5.41, 5.74) is 5.07. The maximum atomic E-state index is 6.97. The monoisotopic (exact) mass is 503 g/mol. The van der Waals surface area contributed by atoms with E-state index in [4.69, 9.17) is 35.9 Å². The van der Waals surface area contributed by atoms with E-state index < -0.39 is 0 Å². The van der Waals surface area contributed by atoms with Crippen molar-refractivity contribution in [1.29, 1.82) is 0 Å². The Morgan fingerprint density at radius 1 is 0.686 bits per heavy atom. The molecular formula is C27H22ClN3O3S. The molecule has 0 N–H and O–H groups in total. The van der Waals surface area contributed by atoms with Crippen LogP contribution < -0.4 is 14.2 Å². The van der Waals surface area contributed by atoms with E-state index in [2.05, 4.69) is 0 Å². The van der Waals surface area contributed by atoms with Crippen LogP contribution in [0, 0.1) is 0 Å². The van der Waals surface area contributed by atoms with Gasteiger partial charge < -0.3 is 14.2 Å². The number of hydrogen-bond acceptors (Lipinski definition) is 6. The van der Waals surface area contributed by atoms with Gasteiger partial charge in [-0.15, -0.1) is 11.3 Å². The second-order valence-corrected chi connectivity index (χ2v) is 8.84. The van der Waals surface area contributed by atoms with E-state index in [1.165, 1.54) is 11.3 Å². The van der Waals surface area contributed by atoms with Crippen molar-refractivity contribution in [3.63, 3.8) is 0 Å². The Morgan fingerprint density at radius 2 is 1.17 bits per heavy atom. The highest BCUT2D eigenvalue weighted by Gasteiger charge is 2.22. The van der Waals surface area contributed by atoms with Crippen molar-refractivity contribution in [1.82, 2.24) is 14.8 Å². The minimum atomic E-state index is 0.543. The summed E-state index contributed by atoms with van der Waals surface area (Å²) >= 11 is 8.47. The molecule has 0 aliphatic heterocycles. The van der Waals surface area contributed by atoms with Crippen LogP contribution in [0.15, 0.2) is 78.2 Å². The van der Waals surface area contributed by atoms with E-state index in [0.29, 0.717) is 15.8 Å². The summed E-state index contributed by atoms with van der Waals surface area (Å²) in [4.78, 5) is 4.88. The van der Waals surface area contributed by atoms with Crippen LogP contribution in [0.5, 0.6) is 17.2 Å². The van der Waals surface area contributed by atoms with E-state index in [1.54, 1.807) is 26.0 Å². The van der Waals surface area contributed by atoms with Crippen LogP contribution in [-0.4, -0.2) is 36.1 Å². The molecule has 0 fully saturated rings. The lowest BCUT2D eigenvalue weighted by molar-refractivity contribution is 0.414. The maximum Gasteiger partial charge on any atom is 0.211 e. The third-order valence-corrected chi connectivity index (χ3v) is 6.79. The number of methoxy groups -OCH3 is 3. The van der Waals surface area contributed by atoms with Gasteiger partial charge in [-0.2, -0.15) is 5.10 Å². The molecular weight excluding hydrogens is 482 g/mol. The summed E-state index contributed by atoms with van der Waals surface area (Å²) in [6.07, 6.45) is 0. The Hall–Kier alpha value is -3.81. The Bertz CT molecular complexity index is 1440. The first kappa shape index (κ1) is 23.0. The molecule has 2 aromatic heterocycles. The van der Waals surface area contributed by atoms with Crippen molar-refractivity contribution in [3.05, 3.63) is 83.2 Å². The molecule has 0 aliphatic rings. The van der Waals surface area contributed by atoms with Gasteiger partial charge in [-0.25, -0.2) is 9.67 Å². The van der Waals surface area contributed by atoms with Gasteiger partial charge in [-0.3, -0.25) is 0 Å². The average Bonchev–Trinajstić information content (AvgIpc) is 3.54. The van der Waals surface area contributed by atoms with Gasteiger partial charge >= 0.3 is 0 Å². The highest BCUT2D eigenvalue weighted by atomic mass is 35.5. The van der Waals surface area contributed by atoms with Crippen LogP contribution >= 0.6 is 22.9 Å². The van der Waals surface area contributed by atoms with Crippen molar-refractivity contribution in [3.8, 4) is 56.2 Å². The molecule has 2 heterocycles. The molecule has 3 aromatic carbocycles. The molecule has 0 aliphatic carbocycles. The third-order valence-electron chi connectivity index (χ3n) is 5.61. The molecule has 5 rings (SSSR count). The summed E-state index contributed by atoms with van der Waals surface area (Å²) in [5, 5.41) is 8.17. The summed E-state index contributed by atoms with van der Waals surface area (Å²) < 4.78 is 17.7. The number of nitrogens with zero attached hydrogens (tertiary/aromatic N) is 3. The molecule has 0 saturated heterocycles. The van der Waals surface area contributed by atoms with Crippen LogP contribution in [0.25, 0.3) is 38.9 Å². The Labute approximate surface area is 212 Å². The van der Waals surface area contributed by atoms with Crippen LogP contribution in [0.1, 0.15) is 0 Å². The summed E-state index contributed by atoms with van der Waals surface area (Å²) in [5.74, 6) is 2.33. The standard InChI is InChI=1S/C27H22ClN3O3S/c1-32-20-10-4-17(5-11-20)23-16-35-27(29-23)31-26(19-8-14-22(34-3)15-9-19)24(28)25(30-31)18-6-12-21(33-2)13-7-18/h4-16H,1-3H3. The normalized spacial score (nSPS) is 10.9. The van der Waals surface area contributed by atoms with Crippen molar-refractivity contribution in [2.75, 3.05) is 21.3 Å². The van der Waals surface area contributed by atoms with Crippen molar-refractivity contribution >= 4 is 22.9 Å². The summed E-state index contributed by atoms with van der Waals surface area (Å²) in [6, 6.07) is 23.2. The van der Waals surface area contributed by atoms with Crippen molar-refractivity contribution in [2.45, 2.75) is 0 Å². The van der Waals surface area contributed by atoms with Crippen molar-refractivity contribution < 1.29 is 14.2 Å². The van der Waals surface area contributed by atoms with E-state index >= 15 is 0 Å². The van der Waals surface area contributed by atoms with Gasteiger partial charge in [-0.05, 0) is 72.8 Å². The smallest absolute Gasteiger partial charge is 0.211 e. The van der Waals surface area contributed by atoms with Gasteiger partial charge in [0.2, 0.25) is 5.13 Å². The molecule has 176 valence electrons. The molecule has 35 heavy (non-hydrogen) atoms. The molecule has 0 bridgehead atoms. The lowest BCUT2D eigenvalue weighted by Crippen LogP contribution is -1.99. The average molecular weight is 504 g/mol. The zero-order chi connectivity index (χ0) is 24.4. The van der Waals surface area contributed by atoms with Gasteiger partial charge in [0.1, 0.15) is 22.9 Å². The molecule has 0 atom stereocenters. The van der Waals surface area contributed by atoms with E-state index in [1.807, 2.05) is 78.2 Å². The predicted molar refractivity (Wildman–Crippen MR) is 140 cm³/mol. The van der Waals surface area contributed by atoms with E-state index in [0.717, 1.165) is 45.3 Å². The molecule has 0 saturated carbocycles. The van der Waals surface area contributed by atoms with Gasteiger partial charge in [-0.1, -0.05) is 11.6 Å². The predicted octanol–water partition coefficient (Wildman–Crippen LogP) is 7.01. The zero-order valence-electron chi connectivity index (χ0n) is 19.4. The molecule has 0 unspecified atom stereocenters. The summed E-state index contributed by atoms with van der Waals surface area (Å²) in [7, 11) is 4.93. The first-order chi connectivity index (χ1) is 17.1. The van der Waals surface area contributed by atoms with Crippen molar-refractivity contribution in [2.24, 2.45) is 0 Å². The minimum Gasteiger partial charge on any atom is -0.497 e. The number of ether oxygens (including phenoxy) is 3. The molecule has 0 amide bonds. The second-order valence-electron chi connectivity index (χ2n) is 7.62. The first-order valence-corrected chi connectivity index (χ1v) is 12.0. The Balaban J connectivity index is 1.62. The second kappa shape index (κ2) is 9.82. The molecule has 0 spiro atoms. The zero-order valence-corrected chi connectivity index (χ0v) is 20.9. The molecule has 0 radical (unpaired) electrons. The quantitative estimate of drug-likeness (QED) is 0.239. The first-order valence-electron chi connectivity index (χ1n) is 10.8. The largest absolute Gasteiger partial charge is 0.497 e. The molecule has 8 heteroatoms. The SMILES string of the molecule is COc1ccc(-c2csc(-n3nc(-c4ccc(OC)cc4)c(Cl)c3-c3ccc(OC)cc3)n2)cc1. The highest BCUT2D eigenvalue weighted by molar-refractivity contribution is 7.12. The van der Waals surface area contributed by atoms with Gasteiger partial charge in [0.15, 0.2) is 0 Å². The molecule has 5 aromatic rings. The van der Waals surface area contributed by atoms with Crippen LogP contribution in [0.2, 0.25) is 5.02 Å². The number of thiazole rings is 1. The van der Waals surface area contributed by atoms with Gasteiger partial charge in [0, 0.05) is 22.1 Å². The van der Waals surface area contributed by atoms with Crippen LogP contribution in [-0.2, 0) is 0 Å². The van der Waals surface area contributed by atoms with E-state index in [9.17, 15) is 0 Å². The van der Waals surface area contributed by atoms with Crippen LogP contribution in [0.3, 0.4) is 0 Å². The number of halogens is 1. The lowest BCUT2D eigenvalue weighted by Gasteiger charge is -2.06. The fourth-order valence-electron chi connectivity index (χ4n) is 3.72. The molecule has 6 nitrogen and oxygen atoms in total. The van der Waals surface area contributed by atoms with Gasteiger partial charge in [0.05, 0.1) is 37.7 Å². The number of aromatic nitrogens is 3. The minimum absolute atomic E-state index is 0.543. The Kier molecular flexibility index (Phi) is 6.44. The fourth-order valence-corrected chi connectivity index (χ4v) is 4.85. The highest BCUT2D eigenvalue weighted by Crippen LogP contribution is 2.40. The van der Waals surface area contributed by atoms with Gasteiger partial charge in [0.25, 0.3) is 0 Å². The fraction of sp³-hybridized carbons (Fsp3) is 0.111. The third kappa shape index (κ3) is 4.48. The summed E-state index contributed by atoms with van der Waals surface area (Å²) in [6.45, 7) is 0. The number of rotatable bonds is 7. The number of hydrogen-bond donors (Lipinski definition) is 0. The maximum absolute atomic E-state index is 6.97.